The molecule has 1 saturated carbocycles. The highest BCUT2D eigenvalue weighted by molar-refractivity contribution is 5.81. The zero-order chi connectivity index (χ0) is 18.4. The average molecular weight is 359 g/mol. The van der Waals surface area contributed by atoms with Crippen LogP contribution in [0.2, 0.25) is 0 Å². The number of nitrogens with zero attached hydrogens (tertiary/aromatic N) is 2. The molecule has 1 aliphatic heterocycles. The van der Waals surface area contributed by atoms with E-state index in [1.54, 1.807) is 6.08 Å². The molecule has 1 atom stereocenters. The Morgan fingerprint density at radius 3 is 2.88 bits per heavy atom. The number of hydrogen-bond donors (Lipinski definition) is 1. The molecule has 1 aromatic heterocycles. The van der Waals surface area contributed by atoms with Crippen LogP contribution < -0.4 is 5.32 Å². The number of fused-ring (bicyclic) bond motifs is 1. The molecule has 142 valence electrons. The molecule has 2 aliphatic rings. The maximum absolute atomic E-state index is 12.4. The smallest absolute Gasteiger partial charge is 0.330 e. The molecule has 1 aromatic rings. The number of nitrogens with one attached hydrogen (secondary N) is 1. The third-order valence-electron chi connectivity index (χ3n) is 5.53. The third kappa shape index (κ3) is 4.54. The highest BCUT2D eigenvalue weighted by Crippen LogP contribution is 2.34. The van der Waals surface area contributed by atoms with E-state index in [1.807, 2.05) is 6.20 Å². The lowest BCUT2D eigenvalue weighted by Gasteiger charge is -2.27. The maximum Gasteiger partial charge on any atom is 0.330 e. The van der Waals surface area contributed by atoms with Gasteiger partial charge < -0.3 is 14.6 Å². The van der Waals surface area contributed by atoms with E-state index in [0.717, 1.165) is 19.4 Å². The summed E-state index contributed by atoms with van der Waals surface area (Å²) in [7, 11) is 1.35. The van der Waals surface area contributed by atoms with Crippen molar-refractivity contribution in [3.05, 3.63) is 29.9 Å². The highest BCUT2D eigenvalue weighted by Gasteiger charge is 2.29. The van der Waals surface area contributed by atoms with Crippen LogP contribution in [0, 0.1) is 5.92 Å². The van der Waals surface area contributed by atoms with E-state index in [9.17, 15) is 9.59 Å². The minimum atomic E-state index is -0.370. The van der Waals surface area contributed by atoms with Gasteiger partial charge in [-0.15, -0.1) is 0 Å². The number of hydrogen-bond acceptors (Lipinski definition) is 4. The van der Waals surface area contributed by atoms with Gasteiger partial charge in [-0.25, -0.2) is 9.78 Å². The van der Waals surface area contributed by atoms with Gasteiger partial charge >= 0.3 is 5.97 Å². The Balaban J connectivity index is 1.49. The number of rotatable bonds is 6. The number of methoxy groups -OCH3 is 1. The van der Waals surface area contributed by atoms with Crippen molar-refractivity contribution >= 4 is 11.9 Å². The number of carbonyl (C=O) groups excluding carboxylic acids is 2. The topological polar surface area (TPSA) is 73.2 Å². The number of amides is 1. The predicted octanol–water partition coefficient (Wildman–Crippen LogP) is 2.73. The fourth-order valence-electron chi connectivity index (χ4n) is 4.07. The highest BCUT2D eigenvalue weighted by atomic mass is 16.5. The SMILES string of the molecule is COC(=O)/C=C/CCNC(=O)C1CCn2c(cnc2C2CCCCC2)C1. The Kier molecular flexibility index (Phi) is 6.47. The lowest BCUT2D eigenvalue weighted by molar-refractivity contribution is -0.134. The van der Waals surface area contributed by atoms with E-state index in [4.69, 9.17) is 4.98 Å². The average Bonchev–Trinajstić information content (AvgIpc) is 3.11. The zero-order valence-electron chi connectivity index (χ0n) is 15.6. The first-order chi connectivity index (χ1) is 12.7. The molecule has 1 N–H and O–H groups in total. The molecule has 0 bridgehead atoms. The van der Waals surface area contributed by atoms with Crippen LogP contribution in [0.5, 0.6) is 0 Å². The van der Waals surface area contributed by atoms with Crippen LogP contribution in [0.25, 0.3) is 0 Å². The van der Waals surface area contributed by atoms with Crippen LogP contribution in [0.3, 0.4) is 0 Å². The quantitative estimate of drug-likeness (QED) is 0.481. The number of esters is 1. The van der Waals surface area contributed by atoms with E-state index in [0.29, 0.717) is 18.9 Å². The summed E-state index contributed by atoms with van der Waals surface area (Å²) in [5, 5.41) is 2.97. The van der Waals surface area contributed by atoms with Crippen molar-refractivity contribution < 1.29 is 14.3 Å². The van der Waals surface area contributed by atoms with Crippen molar-refractivity contribution in [2.45, 2.75) is 63.8 Å². The Labute approximate surface area is 155 Å². The van der Waals surface area contributed by atoms with Crippen molar-refractivity contribution in [3.8, 4) is 0 Å². The molecule has 6 nitrogen and oxygen atoms in total. The van der Waals surface area contributed by atoms with Crippen molar-refractivity contribution in [1.82, 2.24) is 14.9 Å². The summed E-state index contributed by atoms with van der Waals surface area (Å²) in [5.41, 5.74) is 1.20. The molecule has 2 heterocycles. The minimum absolute atomic E-state index is 0.0167. The van der Waals surface area contributed by atoms with Gasteiger partial charge in [-0.2, -0.15) is 0 Å². The monoisotopic (exact) mass is 359 g/mol. The van der Waals surface area contributed by atoms with Crippen LogP contribution in [-0.4, -0.2) is 35.1 Å². The Hall–Kier alpha value is -2.11. The van der Waals surface area contributed by atoms with Gasteiger partial charge in [-0.3, -0.25) is 4.79 Å². The first-order valence-electron chi connectivity index (χ1n) is 9.75. The second-order valence-electron chi connectivity index (χ2n) is 7.29. The summed E-state index contributed by atoms with van der Waals surface area (Å²) in [5.74, 6) is 1.59. The molecule has 3 rings (SSSR count). The Bertz CT molecular complexity index is 659. The summed E-state index contributed by atoms with van der Waals surface area (Å²) < 4.78 is 6.89. The number of aromatic nitrogens is 2. The fourth-order valence-corrected chi connectivity index (χ4v) is 4.07. The molecule has 1 fully saturated rings. The molecule has 1 unspecified atom stereocenters. The molecule has 1 amide bonds. The predicted molar refractivity (Wildman–Crippen MR) is 98.6 cm³/mol. The fraction of sp³-hybridized carbons (Fsp3) is 0.650. The van der Waals surface area contributed by atoms with Crippen LogP contribution in [-0.2, 0) is 27.3 Å². The van der Waals surface area contributed by atoms with Crippen molar-refractivity contribution in [3.63, 3.8) is 0 Å². The first-order valence-corrected chi connectivity index (χ1v) is 9.75. The van der Waals surface area contributed by atoms with Crippen LogP contribution >= 0.6 is 0 Å². The second kappa shape index (κ2) is 9.01. The molecule has 0 spiro atoms. The molecule has 0 radical (unpaired) electrons. The molecule has 26 heavy (non-hydrogen) atoms. The lowest BCUT2D eigenvalue weighted by atomic mass is 9.88. The third-order valence-corrected chi connectivity index (χ3v) is 5.53. The summed E-state index contributed by atoms with van der Waals surface area (Å²) in [4.78, 5) is 28.1. The van der Waals surface area contributed by atoms with Gasteiger partial charge in [0.25, 0.3) is 0 Å². The molecule has 0 aromatic carbocycles. The van der Waals surface area contributed by atoms with Crippen LogP contribution in [0.1, 0.15) is 62.4 Å². The van der Waals surface area contributed by atoms with E-state index in [1.165, 1.54) is 56.8 Å². The van der Waals surface area contributed by atoms with Crippen LogP contribution in [0.15, 0.2) is 18.3 Å². The van der Waals surface area contributed by atoms with E-state index in [-0.39, 0.29) is 17.8 Å². The largest absolute Gasteiger partial charge is 0.466 e. The van der Waals surface area contributed by atoms with Gasteiger partial charge in [0.1, 0.15) is 5.82 Å². The molecular formula is C20H29N3O3. The van der Waals surface area contributed by atoms with Gasteiger partial charge in [0.15, 0.2) is 0 Å². The molecule has 6 heteroatoms. The van der Waals surface area contributed by atoms with Gasteiger partial charge in [-0.05, 0) is 25.7 Å². The van der Waals surface area contributed by atoms with Gasteiger partial charge in [0, 0.05) is 49.3 Å². The van der Waals surface area contributed by atoms with E-state index in [2.05, 4.69) is 14.6 Å². The van der Waals surface area contributed by atoms with E-state index >= 15 is 0 Å². The molecular weight excluding hydrogens is 330 g/mol. The molecule has 1 aliphatic carbocycles. The zero-order valence-corrected chi connectivity index (χ0v) is 15.6. The first kappa shape index (κ1) is 18.7. The summed E-state index contributed by atoms with van der Waals surface area (Å²) in [6, 6.07) is 0. The second-order valence-corrected chi connectivity index (χ2v) is 7.29. The van der Waals surface area contributed by atoms with E-state index < -0.39 is 0 Å². The Morgan fingerprint density at radius 2 is 2.12 bits per heavy atom. The van der Waals surface area contributed by atoms with Crippen molar-refractivity contribution in [1.29, 1.82) is 0 Å². The lowest BCUT2D eigenvalue weighted by Crippen LogP contribution is -2.36. The standard InChI is InChI=1S/C20H29N3O3/c1-26-18(24)9-5-6-11-21-20(25)16-10-12-23-17(13-16)14-22-19(23)15-7-3-2-4-8-15/h5,9,14-16H,2-4,6-8,10-13H2,1H3,(H,21,25)/b9-5+. The maximum atomic E-state index is 12.4. The van der Waals surface area contributed by atoms with Gasteiger partial charge in [0.2, 0.25) is 5.91 Å². The van der Waals surface area contributed by atoms with Gasteiger partial charge in [-0.1, -0.05) is 25.3 Å². The van der Waals surface area contributed by atoms with Crippen molar-refractivity contribution in [2.75, 3.05) is 13.7 Å². The van der Waals surface area contributed by atoms with Gasteiger partial charge in [0.05, 0.1) is 7.11 Å². The summed E-state index contributed by atoms with van der Waals surface area (Å²) >= 11 is 0. The van der Waals surface area contributed by atoms with Crippen molar-refractivity contribution in [2.24, 2.45) is 5.92 Å². The number of carbonyl (C=O) groups is 2. The van der Waals surface area contributed by atoms with Crippen LogP contribution in [0.4, 0.5) is 0 Å². The number of imidazole rings is 1. The Morgan fingerprint density at radius 1 is 1.31 bits per heavy atom. The molecule has 0 saturated heterocycles. The summed E-state index contributed by atoms with van der Waals surface area (Å²) in [6.07, 6.45) is 13.8. The normalized spacial score (nSPS) is 20.7. The summed E-state index contributed by atoms with van der Waals surface area (Å²) in [6.45, 7) is 1.43. The minimum Gasteiger partial charge on any atom is -0.466 e. The number of ether oxygens (including phenoxy) is 1.